The smallest absolute Gasteiger partial charge is 0.126 e. The van der Waals surface area contributed by atoms with Gasteiger partial charge in [-0.05, 0) is 23.8 Å². The fourth-order valence-corrected chi connectivity index (χ4v) is 1.49. The average Bonchev–Trinajstić information content (AvgIpc) is 2.27. The van der Waals surface area contributed by atoms with Gasteiger partial charge in [-0.15, -0.1) is 0 Å². The van der Waals surface area contributed by atoms with Crippen molar-refractivity contribution in [1.82, 2.24) is 0 Å². The molecule has 0 bridgehead atoms. The van der Waals surface area contributed by atoms with Gasteiger partial charge in [0.1, 0.15) is 17.4 Å². The third-order valence-corrected chi connectivity index (χ3v) is 2.28. The fraction of sp³-hybridized carbons (Fsp3) is 0. The molecule has 0 aromatic heterocycles. The predicted octanol–water partition coefficient (Wildman–Crippen LogP) is 3.84. The van der Waals surface area contributed by atoms with E-state index in [2.05, 4.69) is 0 Å². The molecule has 0 fully saturated rings. The molecular weight excluding hydrogens is 222 g/mol. The van der Waals surface area contributed by atoms with E-state index in [9.17, 15) is 13.9 Å². The molecule has 0 atom stereocenters. The molecule has 1 nitrogen and oxygen atoms in total. The van der Waals surface area contributed by atoms with Crippen molar-refractivity contribution in [2.45, 2.75) is 0 Å². The second kappa shape index (κ2) is 4.78. The number of halogens is 2. The first-order valence-electron chi connectivity index (χ1n) is 5.07. The zero-order valence-corrected chi connectivity index (χ0v) is 8.90. The van der Waals surface area contributed by atoms with Crippen molar-refractivity contribution >= 4 is 12.2 Å². The maximum absolute atomic E-state index is 12.9. The van der Waals surface area contributed by atoms with Crippen LogP contribution < -0.4 is 0 Å². The molecule has 0 radical (unpaired) electrons. The van der Waals surface area contributed by atoms with E-state index in [1.807, 2.05) is 0 Å². The standard InChI is InChI=1S/C14H10F2O/c15-12-7-10(8-13(16)9-12)5-6-11-3-1-2-4-14(11)17/h1-9,17H/b6-5+. The quantitative estimate of drug-likeness (QED) is 0.780. The first-order valence-corrected chi connectivity index (χ1v) is 5.07. The van der Waals surface area contributed by atoms with Gasteiger partial charge in [0, 0.05) is 11.6 Å². The summed E-state index contributed by atoms with van der Waals surface area (Å²) in [5.74, 6) is -1.12. The molecule has 1 N–H and O–H groups in total. The van der Waals surface area contributed by atoms with Crippen LogP contribution in [0.15, 0.2) is 42.5 Å². The summed E-state index contributed by atoms with van der Waals surface area (Å²) in [6.07, 6.45) is 3.14. The summed E-state index contributed by atoms with van der Waals surface area (Å²) in [5.41, 5.74) is 1.00. The summed E-state index contributed by atoms with van der Waals surface area (Å²) in [4.78, 5) is 0. The lowest BCUT2D eigenvalue weighted by molar-refractivity contribution is 0.474. The minimum atomic E-state index is -0.623. The lowest BCUT2D eigenvalue weighted by Crippen LogP contribution is -1.81. The van der Waals surface area contributed by atoms with Gasteiger partial charge in [-0.25, -0.2) is 8.78 Å². The molecule has 2 rings (SSSR count). The van der Waals surface area contributed by atoms with E-state index >= 15 is 0 Å². The van der Waals surface area contributed by atoms with Crippen molar-refractivity contribution in [3.63, 3.8) is 0 Å². The van der Waals surface area contributed by atoms with Crippen LogP contribution in [0.4, 0.5) is 8.78 Å². The number of phenolic OH excluding ortho intramolecular Hbond substituents is 1. The topological polar surface area (TPSA) is 20.2 Å². The van der Waals surface area contributed by atoms with Crippen LogP contribution in [0.25, 0.3) is 12.2 Å². The Kier molecular flexibility index (Phi) is 3.19. The SMILES string of the molecule is Oc1ccccc1/C=C/c1cc(F)cc(F)c1. The number of hydrogen-bond acceptors (Lipinski definition) is 1. The normalized spacial score (nSPS) is 10.9. The van der Waals surface area contributed by atoms with Crippen LogP contribution in [0.2, 0.25) is 0 Å². The highest BCUT2D eigenvalue weighted by atomic mass is 19.1. The van der Waals surface area contributed by atoms with Crippen LogP contribution in [0, 0.1) is 11.6 Å². The first-order chi connectivity index (χ1) is 8.15. The largest absolute Gasteiger partial charge is 0.507 e. The first kappa shape index (κ1) is 11.3. The molecule has 0 saturated heterocycles. The van der Waals surface area contributed by atoms with Crippen molar-refractivity contribution < 1.29 is 13.9 Å². The van der Waals surface area contributed by atoms with Gasteiger partial charge >= 0.3 is 0 Å². The number of aromatic hydroxyl groups is 1. The summed E-state index contributed by atoms with van der Waals surface area (Å²) in [6, 6.07) is 9.99. The molecule has 0 aliphatic heterocycles. The Morgan fingerprint density at radius 2 is 1.53 bits per heavy atom. The molecule has 0 heterocycles. The zero-order chi connectivity index (χ0) is 12.3. The molecule has 0 aliphatic carbocycles. The van der Waals surface area contributed by atoms with E-state index in [4.69, 9.17) is 0 Å². The maximum atomic E-state index is 12.9. The van der Waals surface area contributed by atoms with Crippen LogP contribution in [0.1, 0.15) is 11.1 Å². The van der Waals surface area contributed by atoms with Crippen molar-refractivity contribution in [2.75, 3.05) is 0 Å². The summed E-state index contributed by atoms with van der Waals surface area (Å²) in [7, 11) is 0. The van der Waals surface area contributed by atoms with Crippen LogP contribution >= 0.6 is 0 Å². The maximum Gasteiger partial charge on any atom is 0.126 e. The van der Waals surface area contributed by atoms with Gasteiger partial charge in [0.15, 0.2) is 0 Å². The molecule has 17 heavy (non-hydrogen) atoms. The van der Waals surface area contributed by atoms with Crippen molar-refractivity contribution in [2.24, 2.45) is 0 Å². The molecule has 0 saturated carbocycles. The van der Waals surface area contributed by atoms with Gasteiger partial charge in [0.2, 0.25) is 0 Å². The van der Waals surface area contributed by atoms with Gasteiger partial charge < -0.3 is 5.11 Å². The monoisotopic (exact) mass is 232 g/mol. The molecule has 2 aromatic carbocycles. The van der Waals surface area contributed by atoms with E-state index in [0.717, 1.165) is 6.07 Å². The average molecular weight is 232 g/mol. The Morgan fingerprint density at radius 1 is 0.882 bits per heavy atom. The Morgan fingerprint density at radius 3 is 2.18 bits per heavy atom. The number of hydrogen-bond donors (Lipinski definition) is 1. The highest BCUT2D eigenvalue weighted by molar-refractivity contribution is 5.72. The third kappa shape index (κ3) is 2.91. The number of rotatable bonds is 2. The molecular formula is C14H10F2O. The summed E-state index contributed by atoms with van der Waals surface area (Å²) < 4.78 is 25.8. The Labute approximate surface area is 97.7 Å². The molecule has 86 valence electrons. The highest BCUT2D eigenvalue weighted by Crippen LogP contribution is 2.19. The molecule has 0 unspecified atom stereocenters. The second-order valence-electron chi connectivity index (χ2n) is 3.59. The molecule has 0 aliphatic rings. The second-order valence-corrected chi connectivity index (χ2v) is 3.59. The van der Waals surface area contributed by atoms with Gasteiger partial charge in [-0.2, -0.15) is 0 Å². The third-order valence-electron chi connectivity index (χ3n) is 2.28. The predicted molar refractivity (Wildman–Crippen MR) is 63.4 cm³/mol. The number of phenols is 1. The Hall–Kier alpha value is -2.16. The summed E-state index contributed by atoms with van der Waals surface area (Å²) in [5, 5.41) is 9.50. The lowest BCUT2D eigenvalue weighted by atomic mass is 10.1. The Bertz CT molecular complexity index is 542. The van der Waals surface area contributed by atoms with E-state index < -0.39 is 11.6 Å². The zero-order valence-electron chi connectivity index (χ0n) is 8.90. The van der Waals surface area contributed by atoms with Crippen LogP contribution in [-0.2, 0) is 0 Å². The lowest BCUT2D eigenvalue weighted by Gasteiger charge is -1.98. The Balaban J connectivity index is 2.29. The molecule has 3 heteroatoms. The van der Waals surface area contributed by atoms with E-state index in [1.165, 1.54) is 12.1 Å². The van der Waals surface area contributed by atoms with Crippen molar-refractivity contribution in [3.05, 3.63) is 65.2 Å². The number of benzene rings is 2. The van der Waals surface area contributed by atoms with E-state index in [0.29, 0.717) is 11.1 Å². The summed E-state index contributed by atoms with van der Waals surface area (Å²) in [6.45, 7) is 0. The number of para-hydroxylation sites is 1. The van der Waals surface area contributed by atoms with Crippen LogP contribution in [0.5, 0.6) is 5.75 Å². The van der Waals surface area contributed by atoms with Gasteiger partial charge in [-0.1, -0.05) is 30.4 Å². The molecule has 0 spiro atoms. The van der Waals surface area contributed by atoms with Gasteiger partial charge in [0.05, 0.1) is 0 Å². The highest BCUT2D eigenvalue weighted by Gasteiger charge is 1.98. The van der Waals surface area contributed by atoms with Crippen LogP contribution in [0.3, 0.4) is 0 Å². The van der Waals surface area contributed by atoms with E-state index in [1.54, 1.807) is 36.4 Å². The van der Waals surface area contributed by atoms with Crippen molar-refractivity contribution in [1.29, 1.82) is 0 Å². The minimum absolute atomic E-state index is 0.126. The molecule has 2 aromatic rings. The fourth-order valence-electron chi connectivity index (χ4n) is 1.49. The van der Waals surface area contributed by atoms with Gasteiger partial charge in [-0.3, -0.25) is 0 Å². The molecule has 0 amide bonds. The minimum Gasteiger partial charge on any atom is -0.507 e. The summed E-state index contributed by atoms with van der Waals surface area (Å²) >= 11 is 0. The van der Waals surface area contributed by atoms with Crippen LogP contribution in [-0.4, -0.2) is 5.11 Å². The van der Waals surface area contributed by atoms with E-state index in [-0.39, 0.29) is 5.75 Å². The van der Waals surface area contributed by atoms with Gasteiger partial charge in [0.25, 0.3) is 0 Å². The van der Waals surface area contributed by atoms with Crippen molar-refractivity contribution in [3.8, 4) is 5.75 Å².